The van der Waals surface area contributed by atoms with Crippen LogP contribution >= 0.6 is 0 Å². The molecule has 0 aromatic rings. The average molecular weight is 210 g/mol. The monoisotopic (exact) mass is 210 g/mol. The zero-order valence-corrected chi connectivity index (χ0v) is 10.8. The third-order valence-electron chi connectivity index (χ3n) is 5.16. The average Bonchev–Trinajstić information content (AvgIpc) is 2.41. The first kappa shape index (κ1) is 11.4. The van der Waals surface area contributed by atoms with E-state index >= 15 is 0 Å². The molecule has 0 spiro atoms. The van der Waals surface area contributed by atoms with Crippen LogP contribution in [0.4, 0.5) is 0 Å². The minimum atomic E-state index is 0.186. The summed E-state index contributed by atoms with van der Waals surface area (Å²) < 4.78 is 6.29. The molecule has 2 fully saturated rings. The fourth-order valence-corrected chi connectivity index (χ4v) is 3.75. The second kappa shape index (κ2) is 3.76. The predicted molar refractivity (Wildman–Crippen MR) is 63.9 cm³/mol. The van der Waals surface area contributed by atoms with E-state index in [0.717, 1.165) is 5.92 Å². The maximum atomic E-state index is 6.29. The molecular formula is C14H26O. The van der Waals surface area contributed by atoms with Crippen LogP contribution in [-0.4, -0.2) is 11.7 Å². The molecule has 1 nitrogen and oxygen atoms in total. The van der Waals surface area contributed by atoms with Crippen molar-refractivity contribution in [2.45, 2.75) is 77.9 Å². The summed E-state index contributed by atoms with van der Waals surface area (Å²) >= 11 is 0. The highest BCUT2D eigenvalue weighted by Gasteiger charge is 2.56. The van der Waals surface area contributed by atoms with Crippen LogP contribution in [0.15, 0.2) is 0 Å². The first-order valence-corrected chi connectivity index (χ1v) is 6.70. The molecule has 0 amide bonds. The van der Waals surface area contributed by atoms with Crippen molar-refractivity contribution in [3.63, 3.8) is 0 Å². The summed E-state index contributed by atoms with van der Waals surface area (Å²) in [7, 11) is 0. The molecule has 0 aromatic heterocycles. The second-order valence-electron chi connectivity index (χ2n) is 6.16. The van der Waals surface area contributed by atoms with Gasteiger partial charge < -0.3 is 4.74 Å². The molecule has 2 unspecified atom stereocenters. The van der Waals surface area contributed by atoms with Crippen LogP contribution < -0.4 is 0 Å². The summed E-state index contributed by atoms with van der Waals surface area (Å²) in [5.41, 5.74) is 0.711. The molecule has 0 N–H and O–H groups in total. The summed E-state index contributed by atoms with van der Waals surface area (Å²) in [5.74, 6) is 0.747. The lowest BCUT2D eigenvalue weighted by molar-refractivity contribution is -0.0547. The number of rotatable bonds is 3. The Kier molecular flexibility index (Phi) is 2.87. The normalized spacial score (nSPS) is 49.6. The molecule has 1 saturated carbocycles. The number of hydrogen-bond donors (Lipinski definition) is 0. The highest BCUT2D eigenvalue weighted by molar-refractivity contribution is 5.05. The molecule has 1 aliphatic heterocycles. The van der Waals surface area contributed by atoms with Crippen LogP contribution in [0, 0.1) is 11.3 Å². The van der Waals surface area contributed by atoms with E-state index in [-0.39, 0.29) is 5.60 Å². The lowest BCUT2D eigenvalue weighted by Gasteiger charge is -2.40. The van der Waals surface area contributed by atoms with Gasteiger partial charge in [-0.25, -0.2) is 0 Å². The van der Waals surface area contributed by atoms with Crippen LogP contribution in [0.2, 0.25) is 0 Å². The van der Waals surface area contributed by atoms with E-state index in [4.69, 9.17) is 4.74 Å². The van der Waals surface area contributed by atoms with Crippen molar-refractivity contribution in [2.24, 2.45) is 11.3 Å². The zero-order chi connectivity index (χ0) is 11.1. The Morgan fingerprint density at radius 1 is 1.33 bits per heavy atom. The SMILES string of the molecule is CCCCC12CCC(C)[C@@](C)(C1)O[C@H]2C. The predicted octanol–water partition coefficient (Wildman–Crippen LogP) is 4.16. The second-order valence-corrected chi connectivity index (χ2v) is 6.16. The molecule has 88 valence electrons. The van der Waals surface area contributed by atoms with Gasteiger partial charge in [0.1, 0.15) is 0 Å². The van der Waals surface area contributed by atoms with E-state index in [9.17, 15) is 0 Å². The van der Waals surface area contributed by atoms with Gasteiger partial charge in [0.05, 0.1) is 11.7 Å². The standard InChI is InChI=1S/C14H26O/c1-5-6-8-14-9-7-11(2)13(4,10-14)15-12(14)3/h11-12H,5-10H2,1-4H3/t11?,12-,13+,14?/m0/s1. The first-order chi connectivity index (χ1) is 7.02. The lowest BCUT2D eigenvalue weighted by Crippen LogP contribution is -2.38. The molecule has 4 atom stereocenters. The molecule has 1 aliphatic carbocycles. The molecule has 1 heterocycles. The van der Waals surface area contributed by atoms with Gasteiger partial charge in [0, 0.05) is 0 Å². The molecular weight excluding hydrogens is 184 g/mol. The Labute approximate surface area is 94.6 Å². The molecule has 0 radical (unpaired) electrons. The van der Waals surface area contributed by atoms with Gasteiger partial charge in [0.2, 0.25) is 0 Å². The van der Waals surface area contributed by atoms with E-state index in [1.165, 1.54) is 38.5 Å². The summed E-state index contributed by atoms with van der Waals surface area (Å²) in [4.78, 5) is 0. The Morgan fingerprint density at radius 3 is 2.73 bits per heavy atom. The topological polar surface area (TPSA) is 9.23 Å². The van der Waals surface area contributed by atoms with Crippen molar-refractivity contribution in [1.82, 2.24) is 0 Å². The molecule has 2 bridgehead atoms. The smallest absolute Gasteiger partial charge is 0.0690 e. The summed E-state index contributed by atoms with van der Waals surface area (Å²) in [6.45, 7) is 9.30. The van der Waals surface area contributed by atoms with E-state index in [1.807, 2.05) is 0 Å². The van der Waals surface area contributed by atoms with Gasteiger partial charge in [-0.05, 0) is 50.9 Å². The molecule has 2 rings (SSSR count). The number of fused-ring (bicyclic) bond motifs is 2. The quantitative estimate of drug-likeness (QED) is 0.679. The third-order valence-corrected chi connectivity index (χ3v) is 5.16. The van der Waals surface area contributed by atoms with Crippen molar-refractivity contribution < 1.29 is 4.74 Å². The molecule has 15 heavy (non-hydrogen) atoms. The lowest BCUT2D eigenvalue weighted by atomic mass is 9.63. The van der Waals surface area contributed by atoms with Gasteiger partial charge in [-0.1, -0.05) is 26.7 Å². The van der Waals surface area contributed by atoms with Crippen LogP contribution in [0.25, 0.3) is 0 Å². The van der Waals surface area contributed by atoms with Gasteiger partial charge in [-0.2, -0.15) is 0 Å². The van der Waals surface area contributed by atoms with E-state index in [1.54, 1.807) is 0 Å². The van der Waals surface area contributed by atoms with E-state index < -0.39 is 0 Å². The van der Waals surface area contributed by atoms with Gasteiger partial charge in [-0.15, -0.1) is 0 Å². The van der Waals surface area contributed by atoms with Gasteiger partial charge in [0.25, 0.3) is 0 Å². The van der Waals surface area contributed by atoms with Gasteiger partial charge in [-0.3, -0.25) is 0 Å². The van der Waals surface area contributed by atoms with Crippen LogP contribution in [0.1, 0.15) is 66.2 Å². The summed E-state index contributed by atoms with van der Waals surface area (Å²) in [6, 6.07) is 0. The van der Waals surface area contributed by atoms with E-state index in [2.05, 4.69) is 27.7 Å². The molecule has 0 aromatic carbocycles. The fraction of sp³-hybridized carbons (Fsp3) is 1.00. The zero-order valence-electron chi connectivity index (χ0n) is 10.8. The molecule has 1 heteroatoms. The van der Waals surface area contributed by atoms with Gasteiger partial charge >= 0.3 is 0 Å². The minimum absolute atomic E-state index is 0.186. The van der Waals surface area contributed by atoms with Crippen LogP contribution in [-0.2, 0) is 4.74 Å². The van der Waals surface area contributed by atoms with Crippen molar-refractivity contribution in [3.8, 4) is 0 Å². The fourth-order valence-electron chi connectivity index (χ4n) is 3.75. The van der Waals surface area contributed by atoms with Crippen LogP contribution in [0.5, 0.6) is 0 Å². The molecule has 2 aliphatic rings. The van der Waals surface area contributed by atoms with Crippen LogP contribution in [0.3, 0.4) is 0 Å². The number of hydrogen-bond acceptors (Lipinski definition) is 1. The van der Waals surface area contributed by atoms with Crippen molar-refractivity contribution in [2.75, 3.05) is 0 Å². The molecule has 1 saturated heterocycles. The number of ether oxygens (including phenoxy) is 1. The number of unbranched alkanes of at least 4 members (excludes halogenated alkanes) is 1. The summed E-state index contributed by atoms with van der Waals surface area (Å²) in [5, 5.41) is 0. The largest absolute Gasteiger partial charge is 0.371 e. The van der Waals surface area contributed by atoms with Gasteiger partial charge in [0.15, 0.2) is 0 Å². The van der Waals surface area contributed by atoms with Crippen molar-refractivity contribution in [3.05, 3.63) is 0 Å². The first-order valence-electron chi connectivity index (χ1n) is 6.70. The summed E-state index contributed by atoms with van der Waals surface area (Å²) in [6.07, 6.45) is 8.63. The highest BCUT2D eigenvalue weighted by Crippen LogP contribution is 2.57. The van der Waals surface area contributed by atoms with Crippen molar-refractivity contribution >= 4 is 0 Å². The third kappa shape index (κ3) is 1.73. The maximum absolute atomic E-state index is 6.29. The maximum Gasteiger partial charge on any atom is 0.0690 e. The Bertz CT molecular complexity index is 233. The Balaban J connectivity index is 2.14. The Morgan fingerprint density at radius 2 is 2.07 bits per heavy atom. The van der Waals surface area contributed by atoms with E-state index in [0.29, 0.717) is 11.5 Å². The minimum Gasteiger partial charge on any atom is -0.371 e. The van der Waals surface area contributed by atoms with Crippen molar-refractivity contribution in [1.29, 1.82) is 0 Å². The highest BCUT2D eigenvalue weighted by atomic mass is 16.5. The Hall–Kier alpha value is -0.0400.